The summed E-state index contributed by atoms with van der Waals surface area (Å²) >= 11 is 0. The third-order valence-corrected chi connectivity index (χ3v) is 6.00. The second kappa shape index (κ2) is 22.9. The van der Waals surface area contributed by atoms with Crippen LogP contribution in [0.2, 0.25) is 0 Å². The van der Waals surface area contributed by atoms with E-state index in [1.165, 1.54) is 11.1 Å². The van der Waals surface area contributed by atoms with Gasteiger partial charge in [-0.1, -0.05) is 69.2 Å². The maximum atomic E-state index is 4.07. The van der Waals surface area contributed by atoms with Crippen LogP contribution in [0.3, 0.4) is 0 Å². The monoisotopic (exact) mass is 610 g/mol. The van der Waals surface area contributed by atoms with Crippen molar-refractivity contribution in [3.8, 4) is 0 Å². The van der Waals surface area contributed by atoms with Crippen LogP contribution in [0.15, 0.2) is 92.6 Å². The predicted molar refractivity (Wildman–Crippen MR) is 181 cm³/mol. The molecule has 45 heavy (non-hydrogen) atoms. The average Bonchev–Trinajstić information content (AvgIpc) is 3.08. The molecule has 5 rings (SSSR count). The number of nitrogens with zero attached hydrogens (tertiary/aromatic N) is 10. The fourth-order valence-electron chi connectivity index (χ4n) is 3.12. The second-order valence-electron chi connectivity index (χ2n) is 11.5. The molecule has 5 aromatic heterocycles. The molecule has 0 aliphatic carbocycles. The Kier molecular flexibility index (Phi) is 19.5. The lowest BCUT2D eigenvalue weighted by atomic mass is 10.1. The van der Waals surface area contributed by atoms with Gasteiger partial charge in [-0.05, 0) is 65.1 Å². The van der Waals surface area contributed by atoms with Gasteiger partial charge >= 0.3 is 0 Å². The summed E-state index contributed by atoms with van der Waals surface area (Å²) in [5, 5.41) is 15.1. The lowest BCUT2D eigenvalue weighted by Crippen LogP contribution is -1.93. The minimum atomic E-state index is 0.436. The third kappa shape index (κ3) is 18.0. The summed E-state index contributed by atoms with van der Waals surface area (Å²) in [5.74, 6) is 3.43. The van der Waals surface area contributed by atoms with Crippen LogP contribution in [0.4, 0.5) is 0 Å². The minimum absolute atomic E-state index is 0.436. The molecular weight excluding hydrogens is 560 g/mol. The van der Waals surface area contributed by atoms with Gasteiger partial charge in [0, 0.05) is 55.0 Å². The molecule has 0 saturated carbocycles. The molecule has 240 valence electrons. The van der Waals surface area contributed by atoms with Gasteiger partial charge in [0.25, 0.3) is 0 Å². The van der Waals surface area contributed by atoms with Crippen molar-refractivity contribution < 1.29 is 0 Å². The van der Waals surface area contributed by atoms with Gasteiger partial charge in [0.05, 0.1) is 11.9 Å². The van der Waals surface area contributed by atoms with Gasteiger partial charge in [-0.25, -0.2) is 29.9 Å². The molecule has 0 radical (unpaired) electrons. The Labute approximate surface area is 269 Å². The van der Waals surface area contributed by atoms with E-state index in [9.17, 15) is 0 Å². The summed E-state index contributed by atoms with van der Waals surface area (Å²) in [4.78, 5) is 23.8. The zero-order chi connectivity index (χ0) is 33.5. The van der Waals surface area contributed by atoms with E-state index in [4.69, 9.17) is 0 Å². The number of aromatic nitrogens is 10. The van der Waals surface area contributed by atoms with Gasteiger partial charge in [0.1, 0.15) is 18.5 Å². The lowest BCUT2D eigenvalue weighted by Gasteiger charge is -2.00. The van der Waals surface area contributed by atoms with Crippen molar-refractivity contribution in [3.63, 3.8) is 0 Å². The standard InChI is InChI=1S/5C7H10N2/c1-6(2)7-3-8-5-9-4-7;1-6(2)7-3-4-8-5-9-7;1-6(2)7-3-4-8-9-5-7;1-6(2)7-8-4-3-5-9-7;1-6(2)7-4-3-5-8-9-7/h5*3-6H,1-2H3. The summed E-state index contributed by atoms with van der Waals surface area (Å²) in [5.41, 5.74) is 4.59. The summed E-state index contributed by atoms with van der Waals surface area (Å²) < 4.78 is 0. The molecular formula is C35H50N10. The van der Waals surface area contributed by atoms with E-state index in [1.54, 1.807) is 49.8 Å². The van der Waals surface area contributed by atoms with Crippen LogP contribution in [0.25, 0.3) is 0 Å². The molecule has 0 N–H and O–H groups in total. The first-order chi connectivity index (χ1) is 21.5. The molecule has 0 aliphatic heterocycles. The van der Waals surface area contributed by atoms with E-state index in [2.05, 4.69) is 120 Å². The Bertz CT molecular complexity index is 1100. The van der Waals surface area contributed by atoms with E-state index in [1.807, 2.05) is 42.7 Å². The summed E-state index contributed by atoms with van der Waals surface area (Å²) in [6.45, 7) is 21.1. The maximum absolute atomic E-state index is 4.07. The quantitative estimate of drug-likeness (QED) is 0.193. The van der Waals surface area contributed by atoms with Gasteiger partial charge in [0.2, 0.25) is 0 Å². The Morgan fingerprint density at radius 1 is 0.422 bits per heavy atom. The normalized spacial score (nSPS) is 10.1. The van der Waals surface area contributed by atoms with Crippen LogP contribution in [-0.2, 0) is 0 Å². The zero-order valence-electron chi connectivity index (χ0n) is 28.5. The molecule has 0 bridgehead atoms. The highest BCUT2D eigenvalue weighted by Crippen LogP contribution is 2.11. The van der Waals surface area contributed by atoms with Gasteiger partial charge in [-0.3, -0.25) is 0 Å². The first kappa shape index (κ1) is 38.4. The molecule has 0 saturated heterocycles. The van der Waals surface area contributed by atoms with E-state index < -0.39 is 0 Å². The molecule has 5 aromatic rings. The fourth-order valence-corrected chi connectivity index (χ4v) is 3.12. The molecule has 0 unspecified atom stereocenters. The lowest BCUT2D eigenvalue weighted by molar-refractivity contribution is 0.774. The second-order valence-corrected chi connectivity index (χ2v) is 11.5. The van der Waals surface area contributed by atoms with E-state index >= 15 is 0 Å². The average molecular weight is 611 g/mol. The highest BCUT2D eigenvalue weighted by molar-refractivity contribution is 5.09. The molecule has 5 heterocycles. The van der Waals surface area contributed by atoms with Crippen molar-refractivity contribution in [2.24, 2.45) is 0 Å². The van der Waals surface area contributed by atoms with Crippen molar-refractivity contribution >= 4 is 0 Å². The summed E-state index contributed by atoms with van der Waals surface area (Å²) in [6, 6.07) is 9.63. The minimum Gasteiger partial charge on any atom is -0.245 e. The molecule has 0 atom stereocenters. The van der Waals surface area contributed by atoms with Gasteiger partial charge in [-0.2, -0.15) is 20.4 Å². The number of hydrogen-bond acceptors (Lipinski definition) is 10. The van der Waals surface area contributed by atoms with Crippen molar-refractivity contribution in [2.45, 2.75) is 98.8 Å². The van der Waals surface area contributed by atoms with Crippen LogP contribution in [0.5, 0.6) is 0 Å². The maximum Gasteiger partial charge on any atom is 0.130 e. The van der Waals surface area contributed by atoms with Gasteiger partial charge in [-0.15, -0.1) is 0 Å². The van der Waals surface area contributed by atoms with E-state index in [-0.39, 0.29) is 0 Å². The smallest absolute Gasteiger partial charge is 0.130 e. The van der Waals surface area contributed by atoms with Crippen LogP contribution in [0.1, 0.15) is 127 Å². The third-order valence-electron chi connectivity index (χ3n) is 6.00. The van der Waals surface area contributed by atoms with Crippen LogP contribution >= 0.6 is 0 Å². The van der Waals surface area contributed by atoms with Crippen molar-refractivity contribution in [2.75, 3.05) is 0 Å². The predicted octanol–water partition coefficient (Wildman–Crippen LogP) is 8.00. The number of rotatable bonds is 5. The SMILES string of the molecule is CC(C)c1cccnn1.CC(C)c1ccncn1.CC(C)c1ccnnc1.CC(C)c1cncnc1.CC(C)c1ncccn1. The van der Waals surface area contributed by atoms with E-state index in [0.717, 1.165) is 17.2 Å². The van der Waals surface area contributed by atoms with Gasteiger partial charge in [0.15, 0.2) is 0 Å². The Morgan fingerprint density at radius 2 is 1.07 bits per heavy atom. The largest absolute Gasteiger partial charge is 0.245 e. The van der Waals surface area contributed by atoms with E-state index in [0.29, 0.717) is 29.6 Å². The fraction of sp³-hybridized carbons (Fsp3) is 0.429. The Morgan fingerprint density at radius 3 is 1.40 bits per heavy atom. The summed E-state index contributed by atoms with van der Waals surface area (Å²) in [7, 11) is 0. The molecule has 0 fully saturated rings. The van der Waals surface area contributed by atoms with Gasteiger partial charge < -0.3 is 0 Å². The summed E-state index contributed by atoms with van der Waals surface area (Å²) in [6.07, 6.45) is 17.3. The van der Waals surface area contributed by atoms with Crippen LogP contribution in [-0.4, -0.2) is 50.3 Å². The molecule has 0 amide bonds. The van der Waals surface area contributed by atoms with Crippen LogP contribution in [0, 0.1) is 0 Å². The Hall–Kier alpha value is -4.60. The first-order valence-electron chi connectivity index (χ1n) is 15.3. The molecule has 0 spiro atoms. The topological polar surface area (TPSA) is 129 Å². The molecule has 10 heteroatoms. The van der Waals surface area contributed by atoms with Crippen molar-refractivity contribution in [1.82, 2.24) is 50.3 Å². The molecule has 0 aromatic carbocycles. The first-order valence-corrected chi connectivity index (χ1v) is 15.3. The van der Waals surface area contributed by atoms with Crippen molar-refractivity contribution in [3.05, 3.63) is 121 Å². The zero-order valence-corrected chi connectivity index (χ0v) is 28.5. The van der Waals surface area contributed by atoms with Crippen molar-refractivity contribution in [1.29, 1.82) is 0 Å². The number of hydrogen-bond donors (Lipinski definition) is 0. The molecule has 10 nitrogen and oxygen atoms in total. The van der Waals surface area contributed by atoms with Crippen LogP contribution < -0.4 is 0 Å². The highest BCUT2D eigenvalue weighted by Gasteiger charge is 1.99. The highest BCUT2D eigenvalue weighted by atomic mass is 15.1. The molecule has 0 aliphatic rings. The Balaban J connectivity index is 0.000000281.